The van der Waals surface area contributed by atoms with Gasteiger partial charge in [0.05, 0.1) is 12.5 Å². The van der Waals surface area contributed by atoms with Crippen LogP contribution in [0, 0.1) is 5.92 Å². The molecule has 2 bridgehead atoms. The molecule has 3 nitrogen and oxygen atoms in total. The van der Waals surface area contributed by atoms with Crippen LogP contribution in [0.15, 0.2) is 42.5 Å². The molecule has 18 heavy (non-hydrogen) atoms. The molecule has 4 rings (SSSR count). The van der Waals surface area contributed by atoms with E-state index in [1.54, 1.807) is 0 Å². The van der Waals surface area contributed by atoms with Gasteiger partial charge in [0.1, 0.15) is 10.1 Å². The van der Waals surface area contributed by atoms with E-state index >= 15 is 0 Å². The minimum Gasteiger partial charge on any atom is -0.347 e. The minimum absolute atomic E-state index is 0.0536. The predicted octanol–water partition coefficient (Wildman–Crippen LogP) is 2.47. The van der Waals surface area contributed by atoms with Gasteiger partial charge < -0.3 is 9.64 Å². The van der Waals surface area contributed by atoms with Crippen LogP contribution >= 0.6 is 15.9 Å². The molecule has 2 fully saturated rings. The van der Waals surface area contributed by atoms with Crippen molar-refractivity contribution in [2.24, 2.45) is 5.92 Å². The Kier molecular flexibility index (Phi) is 1.94. The summed E-state index contributed by atoms with van der Waals surface area (Å²) < 4.78 is 5.63. The molecule has 2 saturated heterocycles. The fraction of sp³-hybridized carbons (Fsp3) is 0.357. The van der Waals surface area contributed by atoms with E-state index in [0.29, 0.717) is 6.54 Å². The molecule has 3 aliphatic heterocycles. The topological polar surface area (TPSA) is 29.5 Å². The van der Waals surface area contributed by atoms with E-state index in [1.165, 1.54) is 0 Å². The lowest BCUT2D eigenvalue weighted by atomic mass is 9.86. The van der Waals surface area contributed by atoms with Crippen molar-refractivity contribution in [1.29, 1.82) is 0 Å². The van der Waals surface area contributed by atoms with E-state index < -0.39 is 10.1 Å². The van der Waals surface area contributed by atoms with Gasteiger partial charge in [-0.25, -0.2) is 0 Å². The summed E-state index contributed by atoms with van der Waals surface area (Å²) in [6.07, 6.45) is 4.81. The van der Waals surface area contributed by atoms with Gasteiger partial charge in [-0.2, -0.15) is 0 Å². The summed E-state index contributed by atoms with van der Waals surface area (Å²) in [4.78, 5) is 14.3. The fourth-order valence-electron chi connectivity index (χ4n) is 3.23. The van der Waals surface area contributed by atoms with E-state index in [1.807, 2.05) is 41.3 Å². The van der Waals surface area contributed by atoms with Gasteiger partial charge in [0, 0.05) is 12.1 Å². The number of anilines is 1. The number of hydrogen-bond donors (Lipinski definition) is 0. The van der Waals surface area contributed by atoms with E-state index in [0.717, 1.165) is 12.1 Å². The molecule has 1 aromatic carbocycles. The SMILES string of the molecule is O=C1[C@H]2C[C@]3(Br)C=C[C@@]2(CN1c1ccccc1)O3. The van der Waals surface area contributed by atoms with Crippen molar-refractivity contribution in [3.05, 3.63) is 42.5 Å². The van der Waals surface area contributed by atoms with Crippen molar-refractivity contribution in [3.63, 3.8) is 0 Å². The molecule has 92 valence electrons. The Hall–Kier alpha value is -1.13. The number of fused-ring (bicyclic) bond motifs is 1. The van der Waals surface area contributed by atoms with E-state index in [9.17, 15) is 4.79 Å². The summed E-state index contributed by atoms with van der Waals surface area (Å²) in [5.41, 5.74) is 0.534. The lowest BCUT2D eigenvalue weighted by molar-refractivity contribution is -0.121. The van der Waals surface area contributed by atoms with Crippen molar-refractivity contribution >= 4 is 27.5 Å². The molecular weight excluding hydrogens is 294 g/mol. The van der Waals surface area contributed by atoms with E-state index in [2.05, 4.69) is 22.0 Å². The molecule has 3 heterocycles. The third kappa shape index (κ3) is 1.25. The summed E-state index contributed by atoms with van der Waals surface area (Å²) in [6, 6.07) is 9.80. The number of para-hydroxylation sites is 1. The van der Waals surface area contributed by atoms with E-state index in [4.69, 9.17) is 4.74 Å². The second-order valence-electron chi connectivity index (χ2n) is 5.19. The van der Waals surface area contributed by atoms with Crippen LogP contribution in [-0.4, -0.2) is 22.6 Å². The first-order valence-electron chi connectivity index (χ1n) is 6.08. The number of carbonyl (C=O) groups excluding carboxylic acids is 1. The number of alkyl halides is 1. The third-order valence-corrected chi connectivity index (χ3v) is 4.83. The normalized spacial score (nSPS) is 40.6. The monoisotopic (exact) mass is 305 g/mol. The van der Waals surface area contributed by atoms with Crippen molar-refractivity contribution in [3.8, 4) is 0 Å². The van der Waals surface area contributed by atoms with Crippen LogP contribution < -0.4 is 4.90 Å². The van der Waals surface area contributed by atoms with Gasteiger partial charge >= 0.3 is 0 Å². The Morgan fingerprint density at radius 3 is 2.72 bits per heavy atom. The largest absolute Gasteiger partial charge is 0.347 e. The van der Waals surface area contributed by atoms with Gasteiger partial charge in [0.2, 0.25) is 5.91 Å². The van der Waals surface area contributed by atoms with Gasteiger partial charge in [-0.05, 0) is 34.1 Å². The quantitative estimate of drug-likeness (QED) is 0.589. The Balaban J connectivity index is 1.73. The highest BCUT2D eigenvalue weighted by Gasteiger charge is 2.64. The maximum absolute atomic E-state index is 12.5. The van der Waals surface area contributed by atoms with Crippen LogP contribution in [0.4, 0.5) is 5.69 Å². The molecule has 3 atom stereocenters. The second-order valence-corrected chi connectivity index (χ2v) is 6.54. The zero-order valence-electron chi connectivity index (χ0n) is 9.67. The van der Waals surface area contributed by atoms with Crippen molar-refractivity contribution in [2.75, 3.05) is 11.4 Å². The molecule has 1 amide bonds. The standard InChI is InChI=1S/C14H12BrNO2/c15-14-7-6-13(18-14)9-16(12(17)11(13)8-14)10-4-2-1-3-5-10/h1-7,11H,8-9H2/t11-,13+,14+/m1/s1. The number of amides is 1. The first-order chi connectivity index (χ1) is 8.62. The third-order valence-electron chi connectivity index (χ3n) is 4.08. The first kappa shape index (κ1) is 10.8. The van der Waals surface area contributed by atoms with Crippen molar-refractivity contribution in [1.82, 2.24) is 0 Å². The summed E-state index contributed by atoms with van der Waals surface area (Å²) in [5, 5.41) is 0. The van der Waals surface area contributed by atoms with Crippen LogP contribution in [0.5, 0.6) is 0 Å². The molecule has 1 aromatic rings. The average molecular weight is 306 g/mol. The van der Waals surface area contributed by atoms with Crippen LogP contribution in [0.3, 0.4) is 0 Å². The van der Waals surface area contributed by atoms with Crippen LogP contribution in [0.25, 0.3) is 0 Å². The highest BCUT2D eigenvalue weighted by Crippen LogP contribution is 2.56. The zero-order chi connectivity index (χ0) is 12.4. The second kappa shape index (κ2) is 3.25. The Morgan fingerprint density at radius 1 is 1.28 bits per heavy atom. The molecule has 0 radical (unpaired) electrons. The highest BCUT2D eigenvalue weighted by atomic mass is 79.9. The molecule has 0 aromatic heterocycles. The van der Waals surface area contributed by atoms with Gasteiger partial charge in [0.25, 0.3) is 0 Å². The smallest absolute Gasteiger partial charge is 0.233 e. The summed E-state index contributed by atoms with van der Waals surface area (Å²) in [7, 11) is 0. The minimum atomic E-state index is -0.420. The van der Waals surface area contributed by atoms with Crippen LogP contribution in [-0.2, 0) is 9.53 Å². The van der Waals surface area contributed by atoms with Gasteiger partial charge in [0.15, 0.2) is 0 Å². The molecule has 0 saturated carbocycles. The van der Waals surface area contributed by atoms with Crippen LogP contribution in [0.2, 0.25) is 0 Å². The lowest BCUT2D eigenvalue weighted by Crippen LogP contribution is -2.33. The van der Waals surface area contributed by atoms with Gasteiger partial charge in [-0.3, -0.25) is 4.79 Å². The average Bonchev–Trinajstić information content (AvgIpc) is 2.95. The first-order valence-corrected chi connectivity index (χ1v) is 6.87. The Labute approximate surface area is 114 Å². The molecule has 0 aliphatic carbocycles. The number of benzene rings is 1. The zero-order valence-corrected chi connectivity index (χ0v) is 11.3. The number of nitrogens with zero attached hydrogens (tertiary/aromatic N) is 1. The number of hydrogen-bond acceptors (Lipinski definition) is 2. The van der Waals surface area contributed by atoms with Gasteiger partial charge in [-0.15, -0.1) is 0 Å². The fourth-order valence-corrected chi connectivity index (χ4v) is 3.99. The number of rotatable bonds is 1. The van der Waals surface area contributed by atoms with Crippen molar-refractivity contribution < 1.29 is 9.53 Å². The Bertz CT molecular complexity index is 558. The molecule has 3 aliphatic rings. The Morgan fingerprint density at radius 2 is 2.06 bits per heavy atom. The van der Waals surface area contributed by atoms with Crippen molar-refractivity contribution in [2.45, 2.75) is 16.5 Å². The molecule has 0 unspecified atom stereocenters. The molecule has 4 heteroatoms. The van der Waals surface area contributed by atoms with E-state index in [-0.39, 0.29) is 11.8 Å². The summed E-state index contributed by atoms with van der Waals surface area (Å²) >= 11 is 3.56. The summed E-state index contributed by atoms with van der Waals surface area (Å²) in [5.74, 6) is 0.119. The molecular formula is C14H12BrNO2. The van der Waals surface area contributed by atoms with Crippen LogP contribution in [0.1, 0.15) is 6.42 Å². The maximum atomic E-state index is 12.5. The predicted molar refractivity (Wildman–Crippen MR) is 71.5 cm³/mol. The lowest BCUT2D eigenvalue weighted by Gasteiger charge is -2.22. The number of ether oxygens (including phenoxy) is 1. The molecule has 0 N–H and O–H groups in total. The van der Waals surface area contributed by atoms with Gasteiger partial charge in [-0.1, -0.05) is 24.3 Å². The number of halogens is 1. The highest BCUT2D eigenvalue weighted by molar-refractivity contribution is 9.10. The summed E-state index contributed by atoms with van der Waals surface area (Å²) in [6.45, 7) is 0.615. The molecule has 1 spiro atoms. The number of carbonyl (C=O) groups is 1. The maximum Gasteiger partial charge on any atom is 0.233 e.